The van der Waals surface area contributed by atoms with Gasteiger partial charge in [0.1, 0.15) is 5.75 Å². The normalized spacial score (nSPS) is 15.1. The molecule has 1 aliphatic carbocycles. The summed E-state index contributed by atoms with van der Waals surface area (Å²) in [7, 11) is 0. The quantitative estimate of drug-likeness (QED) is 0.669. The predicted octanol–water partition coefficient (Wildman–Crippen LogP) is 3.59. The van der Waals surface area contributed by atoms with Gasteiger partial charge in [-0.2, -0.15) is 13.2 Å². The van der Waals surface area contributed by atoms with Crippen LogP contribution >= 0.6 is 0 Å². The maximum atomic E-state index is 12.1. The first-order chi connectivity index (χ1) is 12.8. The molecule has 0 aromatic heterocycles. The number of urea groups is 1. The molecule has 1 aliphatic rings. The van der Waals surface area contributed by atoms with E-state index in [1.807, 2.05) is 0 Å². The van der Waals surface area contributed by atoms with Crippen molar-refractivity contribution in [2.24, 2.45) is 0 Å². The highest BCUT2D eigenvalue weighted by Crippen LogP contribution is 2.20. The molecule has 1 saturated carbocycles. The minimum atomic E-state index is -4.40. The van der Waals surface area contributed by atoms with Crippen LogP contribution in [-0.4, -0.2) is 37.3 Å². The summed E-state index contributed by atoms with van der Waals surface area (Å²) in [5.41, 5.74) is 0.436. The monoisotopic (exact) mass is 387 g/mol. The molecule has 0 aliphatic heterocycles. The van der Waals surface area contributed by atoms with E-state index < -0.39 is 12.8 Å². The fourth-order valence-electron chi connectivity index (χ4n) is 2.80. The van der Waals surface area contributed by atoms with Crippen molar-refractivity contribution in [1.29, 1.82) is 0 Å². The Labute approximate surface area is 155 Å². The molecule has 27 heavy (non-hydrogen) atoms. The van der Waals surface area contributed by atoms with Crippen LogP contribution < -0.4 is 20.7 Å². The highest BCUT2D eigenvalue weighted by atomic mass is 19.4. The van der Waals surface area contributed by atoms with E-state index in [0.29, 0.717) is 5.69 Å². The first-order valence-corrected chi connectivity index (χ1v) is 8.96. The third-order valence-corrected chi connectivity index (χ3v) is 4.12. The van der Waals surface area contributed by atoms with Gasteiger partial charge in [-0.15, -0.1) is 0 Å². The number of hydrogen-bond donors (Lipinski definition) is 3. The molecule has 3 N–H and O–H groups in total. The highest BCUT2D eigenvalue weighted by molar-refractivity contribution is 5.91. The van der Waals surface area contributed by atoms with Crippen molar-refractivity contribution in [2.75, 3.05) is 18.5 Å². The summed E-state index contributed by atoms with van der Waals surface area (Å²) in [6.45, 7) is -1.18. The second kappa shape index (κ2) is 10.0. The minimum absolute atomic E-state index is 0.0615. The van der Waals surface area contributed by atoms with Gasteiger partial charge in [0.25, 0.3) is 0 Å². The van der Waals surface area contributed by atoms with Crippen molar-refractivity contribution < 1.29 is 27.5 Å². The van der Waals surface area contributed by atoms with E-state index >= 15 is 0 Å². The van der Waals surface area contributed by atoms with Gasteiger partial charge in [0, 0.05) is 24.7 Å². The molecular weight excluding hydrogens is 363 g/mol. The number of anilines is 1. The number of benzene rings is 1. The van der Waals surface area contributed by atoms with Crippen LogP contribution in [0.2, 0.25) is 0 Å². The summed E-state index contributed by atoms with van der Waals surface area (Å²) in [4.78, 5) is 23.6. The van der Waals surface area contributed by atoms with E-state index in [0.717, 1.165) is 25.7 Å². The average Bonchev–Trinajstić information content (AvgIpc) is 2.61. The lowest BCUT2D eigenvalue weighted by Gasteiger charge is -2.22. The standard InChI is InChI=1S/C18H24F3N3O3/c19-18(20,21)12-27-15-8-6-14(7-9-15)23-16(25)10-11-22-17(26)24-13-4-2-1-3-5-13/h6-9,13H,1-5,10-12H2,(H,23,25)(H2,22,24,26). The van der Waals surface area contributed by atoms with Gasteiger partial charge in [0.15, 0.2) is 6.61 Å². The van der Waals surface area contributed by atoms with Crippen LogP contribution in [0.1, 0.15) is 38.5 Å². The lowest BCUT2D eigenvalue weighted by Crippen LogP contribution is -2.43. The lowest BCUT2D eigenvalue weighted by atomic mass is 9.96. The Kier molecular flexibility index (Phi) is 7.75. The van der Waals surface area contributed by atoms with Crippen LogP contribution in [0, 0.1) is 0 Å². The van der Waals surface area contributed by atoms with E-state index in [4.69, 9.17) is 0 Å². The highest BCUT2D eigenvalue weighted by Gasteiger charge is 2.28. The van der Waals surface area contributed by atoms with Crippen LogP contribution in [0.25, 0.3) is 0 Å². The first kappa shape index (κ1) is 20.9. The number of halogens is 3. The molecule has 3 amide bonds. The molecule has 1 aromatic rings. The smallest absolute Gasteiger partial charge is 0.422 e. The van der Waals surface area contributed by atoms with E-state index in [1.54, 1.807) is 0 Å². The Bertz CT molecular complexity index is 615. The zero-order valence-corrected chi connectivity index (χ0v) is 14.9. The molecule has 150 valence electrons. The molecule has 2 rings (SSSR count). The summed E-state index contributed by atoms with van der Waals surface area (Å²) in [6.07, 6.45) is 1.09. The van der Waals surface area contributed by atoms with Gasteiger partial charge in [-0.1, -0.05) is 19.3 Å². The van der Waals surface area contributed by atoms with Crippen molar-refractivity contribution in [2.45, 2.75) is 50.7 Å². The second-order valence-corrected chi connectivity index (χ2v) is 6.46. The van der Waals surface area contributed by atoms with Crippen LogP contribution in [-0.2, 0) is 4.79 Å². The van der Waals surface area contributed by atoms with E-state index in [-0.39, 0.29) is 36.7 Å². The lowest BCUT2D eigenvalue weighted by molar-refractivity contribution is -0.153. The number of hydrogen-bond acceptors (Lipinski definition) is 3. The Hall–Kier alpha value is -2.45. The Morgan fingerprint density at radius 1 is 1.07 bits per heavy atom. The maximum Gasteiger partial charge on any atom is 0.422 e. The van der Waals surface area contributed by atoms with Crippen LogP contribution in [0.15, 0.2) is 24.3 Å². The number of rotatable bonds is 7. The van der Waals surface area contributed by atoms with Gasteiger partial charge >= 0.3 is 12.2 Å². The number of alkyl halides is 3. The predicted molar refractivity (Wildman–Crippen MR) is 94.6 cm³/mol. The van der Waals surface area contributed by atoms with E-state index in [9.17, 15) is 22.8 Å². The van der Waals surface area contributed by atoms with Gasteiger partial charge in [-0.3, -0.25) is 4.79 Å². The number of carbonyl (C=O) groups excluding carboxylic acids is 2. The van der Waals surface area contributed by atoms with Crippen molar-refractivity contribution >= 4 is 17.6 Å². The maximum absolute atomic E-state index is 12.1. The van der Waals surface area contributed by atoms with Gasteiger partial charge in [0.2, 0.25) is 5.91 Å². The SMILES string of the molecule is O=C(CCNC(=O)NC1CCCCC1)Nc1ccc(OCC(F)(F)F)cc1. The van der Waals surface area contributed by atoms with E-state index in [1.165, 1.54) is 30.7 Å². The molecule has 1 fully saturated rings. The zero-order chi connectivity index (χ0) is 19.7. The van der Waals surface area contributed by atoms with Gasteiger partial charge in [0.05, 0.1) is 0 Å². The molecule has 0 saturated heterocycles. The molecule has 0 heterocycles. The Morgan fingerprint density at radius 2 is 1.74 bits per heavy atom. The molecule has 6 nitrogen and oxygen atoms in total. The summed E-state index contributed by atoms with van der Waals surface area (Å²) in [5, 5.41) is 8.15. The molecule has 0 radical (unpaired) electrons. The Morgan fingerprint density at radius 3 is 2.37 bits per heavy atom. The van der Waals surface area contributed by atoms with Crippen LogP contribution in [0.5, 0.6) is 5.75 Å². The molecule has 9 heteroatoms. The van der Waals surface area contributed by atoms with Gasteiger partial charge < -0.3 is 20.7 Å². The summed E-state index contributed by atoms with van der Waals surface area (Å²) in [5.74, 6) is -0.247. The van der Waals surface area contributed by atoms with Crippen LogP contribution in [0.4, 0.5) is 23.7 Å². The molecule has 0 bridgehead atoms. The van der Waals surface area contributed by atoms with Crippen molar-refractivity contribution in [3.05, 3.63) is 24.3 Å². The minimum Gasteiger partial charge on any atom is -0.484 e. The number of amides is 3. The van der Waals surface area contributed by atoms with Gasteiger partial charge in [-0.05, 0) is 37.1 Å². The van der Waals surface area contributed by atoms with Crippen molar-refractivity contribution in [3.63, 3.8) is 0 Å². The van der Waals surface area contributed by atoms with E-state index in [2.05, 4.69) is 20.7 Å². The van der Waals surface area contributed by atoms with Crippen molar-refractivity contribution in [1.82, 2.24) is 10.6 Å². The summed E-state index contributed by atoms with van der Waals surface area (Å²) < 4.78 is 40.8. The molecule has 0 spiro atoms. The molecule has 1 aromatic carbocycles. The zero-order valence-electron chi connectivity index (χ0n) is 14.9. The largest absolute Gasteiger partial charge is 0.484 e. The third-order valence-electron chi connectivity index (χ3n) is 4.12. The average molecular weight is 387 g/mol. The third kappa shape index (κ3) is 8.65. The molecular formula is C18H24F3N3O3. The fourth-order valence-corrected chi connectivity index (χ4v) is 2.80. The Balaban J connectivity index is 1.64. The van der Waals surface area contributed by atoms with Gasteiger partial charge in [-0.25, -0.2) is 4.79 Å². The fraction of sp³-hybridized carbons (Fsp3) is 0.556. The number of carbonyl (C=O) groups is 2. The topological polar surface area (TPSA) is 79.5 Å². The molecule has 0 unspecified atom stereocenters. The van der Waals surface area contributed by atoms with Crippen LogP contribution in [0.3, 0.4) is 0 Å². The number of ether oxygens (including phenoxy) is 1. The molecule has 0 atom stereocenters. The second-order valence-electron chi connectivity index (χ2n) is 6.46. The summed E-state index contributed by atoms with van der Waals surface area (Å²) in [6, 6.07) is 5.51. The first-order valence-electron chi connectivity index (χ1n) is 8.96. The summed E-state index contributed by atoms with van der Waals surface area (Å²) >= 11 is 0. The van der Waals surface area contributed by atoms with Crippen molar-refractivity contribution in [3.8, 4) is 5.75 Å². The number of nitrogens with one attached hydrogen (secondary N) is 3.